The van der Waals surface area contributed by atoms with E-state index in [9.17, 15) is 9.59 Å². The van der Waals surface area contributed by atoms with Crippen LogP contribution < -0.4 is 0 Å². The molecule has 0 saturated carbocycles. The zero-order valence-corrected chi connectivity index (χ0v) is 14.3. The van der Waals surface area contributed by atoms with Crippen LogP contribution in [0.2, 0.25) is 0 Å². The number of esters is 1. The van der Waals surface area contributed by atoms with Crippen molar-refractivity contribution in [3.05, 3.63) is 69.8 Å². The lowest BCUT2D eigenvalue weighted by Gasteiger charge is -2.29. The number of carbonyl (C=O) groups is 2. The highest BCUT2D eigenvalue weighted by molar-refractivity contribution is 5.98. The molecule has 2 aromatic rings. The summed E-state index contributed by atoms with van der Waals surface area (Å²) in [6, 6.07) is 11.8. The van der Waals surface area contributed by atoms with E-state index in [-0.39, 0.29) is 11.9 Å². The highest BCUT2D eigenvalue weighted by Gasteiger charge is 2.23. The van der Waals surface area contributed by atoms with E-state index in [1.165, 1.54) is 18.2 Å². The van der Waals surface area contributed by atoms with Gasteiger partial charge in [-0.05, 0) is 54.7 Å². The number of carbonyl (C=O) groups excluding carboxylic acids is 2. The molecular formula is C20H21NO3. The van der Waals surface area contributed by atoms with Crippen LogP contribution in [0, 0.1) is 13.8 Å². The van der Waals surface area contributed by atoms with Gasteiger partial charge in [0.25, 0.3) is 5.91 Å². The van der Waals surface area contributed by atoms with Crippen molar-refractivity contribution >= 4 is 11.9 Å². The van der Waals surface area contributed by atoms with Crippen LogP contribution in [0.15, 0.2) is 36.4 Å². The molecule has 1 amide bonds. The Kier molecular flexibility index (Phi) is 4.38. The van der Waals surface area contributed by atoms with E-state index in [1.54, 1.807) is 12.1 Å². The minimum Gasteiger partial charge on any atom is -0.465 e. The smallest absolute Gasteiger partial charge is 0.338 e. The van der Waals surface area contributed by atoms with Gasteiger partial charge < -0.3 is 9.64 Å². The van der Waals surface area contributed by atoms with E-state index >= 15 is 0 Å². The van der Waals surface area contributed by atoms with Crippen LogP contribution in [-0.4, -0.2) is 30.4 Å². The molecule has 0 atom stereocenters. The van der Waals surface area contributed by atoms with E-state index in [2.05, 4.69) is 12.1 Å². The number of fused-ring (bicyclic) bond motifs is 1. The van der Waals surface area contributed by atoms with E-state index in [1.807, 2.05) is 30.9 Å². The van der Waals surface area contributed by atoms with Gasteiger partial charge in [0.15, 0.2) is 0 Å². The predicted molar refractivity (Wildman–Crippen MR) is 92.1 cm³/mol. The van der Waals surface area contributed by atoms with Crippen molar-refractivity contribution in [1.29, 1.82) is 0 Å². The molecule has 4 nitrogen and oxygen atoms in total. The Morgan fingerprint density at radius 2 is 1.67 bits per heavy atom. The fourth-order valence-corrected chi connectivity index (χ4v) is 3.36. The fourth-order valence-electron chi connectivity index (χ4n) is 3.36. The van der Waals surface area contributed by atoms with Gasteiger partial charge in [-0.15, -0.1) is 0 Å². The van der Waals surface area contributed by atoms with Crippen LogP contribution >= 0.6 is 0 Å². The first-order chi connectivity index (χ1) is 11.5. The maximum Gasteiger partial charge on any atom is 0.338 e. The monoisotopic (exact) mass is 323 g/mol. The molecule has 0 spiro atoms. The van der Waals surface area contributed by atoms with Gasteiger partial charge in [0.05, 0.1) is 12.7 Å². The quantitative estimate of drug-likeness (QED) is 0.797. The Labute approximate surface area is 142 Å². The molecule has 2 aromatic carbocycles. The van der Waals surface area contributed by atoms with Crippen LogP contribution in [0.25, 0.3) is 0 Å². The first-order valence-corrected chi connectivity index (χ1v) is 8.07. The highest BCUT2D eigenvalue weighted by atomic mass is 16.5. The Balaban J connectivity index is 1.88. The molecule has 1 heterocycles. The van der Waals surface area contributed by atoms with E-state index < -0.39 is 0 Å². The SMILES string of the molecule is COC(=O)c1c(C)cc(C(=O)N2CCc3ccccc3C2)cc1C. The zero-order valence-electron chi connectivity index (χ0n) is 14.3. The first-order valence-electron chi connectivity index (χ1n) is 8.07. The number of methoxy groups -OCH3 is 1. The third kappa shape index (κ3) is 2.92. The highest BCUT2D eigenvalue weighted by Crippen LogP contribution is 2.23. The van der Waals surface area contributed by atoms with Crippen molar-refractivity contribution in [1.82, 2.24) is 4.90 Å². The summed E-state index contributed by atoms with van der Waals surface area (Å²) >= 11 is 0. The lowest BCUT2D eigenvalue weighted by atomic mass is 9.96. The summed E-state index contributed by atoms with van der Waals surface area (Å²) in [5.41, 5.74) is 5.21. The molecule has 24 heavy (non-hydrogen) atoms. The van der Waals surface area contributed by atoms with Gasteiger partial charge in [-0.1, -0.05) is 24.3 Å². The number of ether oxygens (including phenoxy) is 1. The molecule has 0 N–H and O–H groups in total. The lowest BCUT2D eigenvalue weighted by molar-refractivity contribution is 0.0598. The van der Waals surface area contributed by atoms with Gasteiger partial charge in [0.1, 0.15) is 0 Å². The standard InChI is InChI=1S/C20H21NO3/c1-13-10-17(11-14(2)18(13)20(23)24-3)19(22)21-9-8-15-6-4-5-7-16(15)12-21/h4-7,10-11H,8-9,12H2,1-3H3. The van der Waals surface area contributed by atoms with Crippen LogP contribution in [0.3, 0.4) is 0 Å². The minimum atomic E-state index is -0.365. The van der Waals surface area contributed by atoms with Crippen molar-refractivity contribution in [2.45, 2.75) is 26.8 Å². The van der Waals surface area contributed by atoms with Crippen molar-refractivity contribution in [2.75, 3.05) is 13.7 Å². The van der Waals surface area contributed by atoms with Gasteiger partial charge in [-0.25, -0.2) is 4.79 Å². The fraction of sp³-hybridized carbons (Fsp3) is 0.300. The molecular weight excluding hydrogens is 302 g/mol. The molecule has 0 radical (unpaired) electrons. The normalized spacial score (nSPS) is 13.4. The molecule has 0 fully saturated rings. The van der Waals surface area contributed by atoms with Gasteiger partial charge >= 0.3 is 5.97 Å². The molecule has 1 aliphatic rings. The summed E-state index contributed by atoms with van der Waals surface area (Å²) in [7, 11) is 1.37. The number of amides is 1. The van der Waals surface area contributed by atoms with Gasteiger partial charge in [0, 0.05) is 18.7 Å². The number of hydrogen-bond acceptors (Lipinski definition) is 3. The van der Waals surface area contributed by atoms with Crippen LogP contribution in [0.5, 0.6) is 0 Å². The number of hydrogen-bond donors (Lipinski definition) is 0. The number of rotatable bonds is 2. The summed E-state index contributed by atoms with van der Waals surface area (Å²) in [5.74, 6) is -0.358. The maximum atomic E-state index is 12.9. The van der Waals surface area contributed by atoms with Crippen molar-refractivity contribution in [2.24, 2.45) is 0 Å². The molecule has 3 rings (SSSR count). The second kappa shape index (κ2) is 6.48. The molecule has 1 aliphatic heterocycles. The lowest BCUT2D eigenvalue weighted by Crippen LogP contribution is -2.36. The minimum absolute atomic E-state index is 0.00659. The Bertz CT molecular complexity index is 787. The summed E-state index contributed by atoms with van der Waals surface area (Å²) in [5, 5.41) is 0. The third-order valence-electron chi connectivity index (χ3n) is 4.59. The molecule has 0 bridgehead atoms. The summed E-state index contributed by atoms with van der Waals surface area (Å²) in [6.07, 6.45) is 0.875. The molecule has 0 saturated heterocycles. The van der Waals surface area contributed by atoms with E-state index in [0.717, 1.165) is 17.5 Å². The van der Waals surface area contributed by atoms with Crippen molar-refractivity contribution in [3.8, 4) is 0 Å². The van der Waals surface area contributed by atoms with Gasteiger partial charge in [-0.3, -0.25) is 4.79 Å². The predicted octanol–water partition coefficient (Wildman–Crippen LogP) is 3.29. The van der Waals surface area contributed by atoms with Gasteiger partial charge in [0.2, 0.25) is 0 Å². The molecule has 124 valence electrons. The molecule has 0 unspecified atom stereocenters. The largest absolute Gasteiger partial charge is 0.465 e. The maximum absolute atomic E-state index is 12.9. The second-order valence-corrected chi connectivity index (χ2v) is 6.22. The molecule has 0 aliphatic carbocycles. The van der Waals surface area contributed by atoms with Crippen LogP contribution in [-0.2, 0) is 17.7 Å². The van der Waals surface area contributed by atoms with Crippen LogP contribution in [0.1, 0.15) is 43.0 Å². The number of nitrogens with zero attached hydrogens (tertiary/aromatic N) is 1. The molecule has 0 aromatic heterocycles. The summed E-state index contributed by atoms with van der Waals surface area (Å²) in [6.45, 7) is 5.02. The van der Waals surface area contributed by atoms with E-state index in [4.69, 9.17) is 4.74 Å². The number of benzene rings is 2. The third-order valence-corrected chi connectivity index (χ3v) is 4.59. The van der Waals surface area contributed by atoms with Gasteiger partial charge in [-0.2, -0.15) is 0 Å². The van der Waals surface area contributed by atoms with Crippen LogP contribution in [0.4, 0.5) is 0 Å². The van der Waals surface area contributed by atoms with Crippen molar-refractivity contribution in [3.63, 3.8) is 0 Å². The number of aryl methyl sites for hydroxylation is 2. The Morgan fingerprint density at radius 3 is 2.29 bits per heavy atom. The second-order valence-electron chi connectivity index (χ2n) is 6.22. The molecule has 4 heteroatoms. The average Bonchev–Trinajstić information content (AvgIpc) is 2.59. The Morgan fingerprint density at radius 1 is 1.04 bits per heavy atom. The topological polar surface area (TPSA) is 46.6 Å². The zero-order chi connectivity index (χ0) is 17.3. The average molecular weight is 323 g/mol. The summed E-state index contributed by atoms with van der Waals surface area (Å²) < 4.78 is 4.82. The van der Waals surface area contributed by atoms with E-state index in [0.29, 0.717) is 24.2 Å². The Hall–Kier alpha value is -2.62. The summed E-state index contributed by atoms with van der Waals surface area (Å²) in [4.78, 5) is 26.6. The first kappa shape index (κ1) is 16.2. The van der Waals surface area contributed by atoms with Crippen molar-refractivity contribution < 1.29 is 14.3 Å².